The van der Waals surface area contributed by atoms with Gasteiger partial charge in [0.15, 0.2) is 11.5 Å². The van der Waals surface area contributed by atoms with Crippen molar-refractivity contribution < 1.29 is 27.4 Å². The van der Waals surface area contributed by atoms with Gasteiger partial charge in [-0.15, -0.1) is 0 Å². The molecular weight excluding hydrogens is 408 g/mol. The fraction of sp³-hybridized carbons (Fsp3) is 0.381. The van der Waals surface area contributed by atoms with Gasteiger partial charge in [0.05, 0.1) is 4.90 Å². The molecule has 0 unspecified atom stereocenters. The quantitative estimate of drug-likeness (QED) is 0.752. The highest BCUT2D eigenvalue weighted by atomic mass is 32.2. The molecule has 1 aliphatic carbocycles. The van der Waals surface area contributed by atoms with Crippen LogP contribution in [0, 0.1) is 0 Å². The van der Waals surface area contributed by atoms with Gasteiger partial charge in [0.2, 0.25) is 10.0 Å². The minimum absolute atomic E-state index is 0.122. The Hall–Kier alpha value is -2.78. The van der Waals surface area contributed by atoms with Gasteiger partial charge in [-0.1, -0.05) is 18.2 Å². The van der Waals surface area contributed by atoms with Crippen molar-refractivity contribution in [1.82, 2.24) is 4.72 Å². The van der Waals surface area contributed by atoms with Crippen molar-refractivity contribution in [3.05, 3.63) is 48.5 Å². The maximum Gasteiger partial charge on any atom is 0.411 e. The molecule has 160 valence electrons. The second kappa shape index (κ2) is 8.93. The third kappa shape index (κ3) is 5.03. The van der Waals surface area contributed by atoms with Crippen LogP contribution in [-0.4, -0.2) is 39.9 Å². The molecule has 1 amide bonds. The lowest BCUT2D eigenvalue weighted by Gasteiger charge is -2.29. The topological polar surface area (TPSA) is 103 Å². The van der Waals surface area contributed by atoms with Crippen molar-refractivity contribution in [3.8, 4) is 11.5 Å². The zero-order chi connectivity index (χ0) is 21.0. The Balaban J connectivity index is 1.35. The van der Waals surface area contributed by atoms with Crippen molar-refractivity contribution in [2.24, 2.45) is 0 Å². The van der Waals surface area contributed by atoms with E-state index in [9.17, 15) is 13.2 Å². The van der Waals surface area contributed by atoms with Crippen LogP contribution in [0.5, 0.6) is 11.5 Å². The zero-order valence-corrected chi connectivity index (χ0v) is 17.2. The Bertz CT molecular complexity index is 996. The number of carbonyl (C=O) groups is 1. The van der Waals surface area contributed by atoms with E-state index in [0.717, 1.165) is 6.42 Å². The van der Waals surface area contributed by atoms with Crippen LogP contribution < -0.4 is 19.5 Å². The summed E-state index contributed by atoms with van der Waals surface area (Å²) in [6, 6.07) is 13.3. The Labute approximate surface area is 175 Å². The second-order valence-electron chi connectivity index (χ2n) is 7.31. The van der Waals surface area contributed by atoms with Crippen molar-refractivity contribution in [3.63, 3.8) is 0 Å². The van der Waals surface area contributed by atoms with E-state index in [2.05, 4.69) is 10.0 Å². The Morgan fingerprint density at radius 1 is 1.00 bits per heavy atom. The summed E-state index contributed by atoms with van der Waals surface area (Å²) < 4.78 is 44.8. The van der Waals surface area contributed by atoms with Gasteiger partial charge in [0.25, 0.3) is 0 Å². The van der Waals surface area contributed by atoms with Gasteiger partial charge in [-0.05, 0) is 43.5 Å². The molecule has 1 heterocycles. The molecule has 4 rings (SSSR count). The number of benzene rings is 2. The fourth-order valence-corrected chi connectivity index (χ4v) is 4.96. The largest absolute Gasteiger partial charge is 0.486 e. The minimum Gasteiger partial charge on any atom is -0.486 e. The smallest absolute Gasteiger partial charge is 0.411 e. The first-order chi connectivity index (χ1) is 14.5. The minimum atomic E-state index is -3.74. The lowest BCUT2D eigenvalue weighted by molar-refractivity contribution is 0.0793. The molecule has 2 aromatic rings. The predicted molar refractivity (Wildman–Crippen MR) is 110 cm³/mol. The van der Waals surface area contributed by atoms with E-state index in [-0.39, 0.29) is 17.0 Å². The molecule has 0 spiro atoms. The molecule has 1 saturated carbocycles. The molecule has 30 heavy (non-hydrogen) atoms. The maximum atomic E-state index is 12.8. The summed E-state index contributed by atoms with van der Waals surface area (Å²) in [5.41, 5.74) is 0.647. The molecule has 2 aromatic carbocycles. The molecule has 2 atom stereocenters. The van der Waals surface area contributed by atoms with Crippen LogP contribution in [0.2, 0.25) is 0 Å². The number of fused-ring (bicyclic) bond motifs is 1. The SMILES string of the molecule is O=C(Nc1ccccc1)O[C@H]1CCC[C@H](NS(=O)(=O)c2ccc3c(c2)OCCO3)C1. The molecule has 8 nitrogen and oxygen atoms in total. The number of para-hydroxylation sites is 1. The summed E-state index contributed by atoms with van der Waals surface area (Å²) in [5, 5.41) is 2.68. The fourth-order valence-electron chi connectivity index (χ4n) is 3.66. The highest BCUT2D eigenvalue weighted by molar-refractivity contribution is 7.89. The Morgan fingerprint density at radius 3 is 2.57 bits per heavy atom. The van der Waals surface area contributed by atoms with Crippen molar-refractivity contribution in [2.45, 2.75) is 42.7 Å². The summed E-state index contributed by atoms with van der Waals surface area (Å²) in [6.45, 7) is 0.829. The molecule has 2 aliphatic rings. The number of sulfonamides is 1. The van der Waals surface area contributed by atoms with Crippen molar-refractivity contribution >= 4 is 21.8 Å². The predicted octanol–water partition coefficient (Wildman–Crippen LogP) is 3.30. The summed E-state index contributed by atoms with van der Waals surface area (Å²) in [5.74, 6) is 0.960. The summed E-state index contributed by atoms with van der Waals surface area (Å²) in [4.78, 5) is 12.3. The third-order valence-electron chi connectivity index (χ3n) is 5.07. The molecule has 9 heteroatoms. The van der Waals surface area contributed by atoms with Crippen LogP contribution in [0.4, 0.5) is 10.5 Å². The molecule has 0 saturated heterocycles. The van der Waals surface area contributed by atoms with E-state index in [0.29, 0.717) is 49.7 Å². The lowest BCUT2D eigenvalue weighted by Crippen LogP contribution is -2.41. The first kappa shape index (κ1) is 20.5. The molecule has 0 radical (unpaired) electrons. The number of hydrogen-bond donors (Lipinski definition) is 2. The monoisotopic (exact) mass is 432 g/mol. The summed E-state index contributed by atoms with van der Waals surface area (Å²) >= 11 is 0. The number of rotatable bonds is 5. The van der Waals surface area contributed by atoms with Crippen molar-refractivity contribution in [2.75, 3.05) is 18.5 Å². The van der Waals surface area contributed by atoms with E-state index in [1.54, 1.807) is 18.2 Å². The zero-order valence-electron chi connectivity index (χ0n) is 16.4. The van der Waals surface area contributed by atoms with Crippen LogP contribution in [0.15, 0.2) is 53.4 Å². The second-order valence-corrected chi connectivity index (χ2v) is 9.02. The highest BCUT2D eigenvalue weighted by Gasteiger charge is 2.29. The normalized spacial score (nSPS) is 20.9. The molecule has 2 N–H and O–H groups in total. The number of carbonyl (C=O) groups excluding carboxylic acids is 1. The lowest BCUT2D eigenvalue weighted by atomic mass is 9.94. The first-order valence-electron chi connectivity index (χ1n) is 9.94. The van der Waals surface area contributed by atoms with Crippen LogP contribution in [0.1, 0.15) is 25.7 Å². The molecule has 0 bridgehead atoms. The molecule has 1 aliphatic heterocycles. The van der Waals surface area contributed by atoms with Gasteiger partial charge in [-0.3, -0.25) is 5.32 Å². The van der Waals surface area contributed by atoms with E-state index in [4.69, 9.17) is 14.2 Å². The number of nitrogens with one attached hydrogen (secondary N) is 2. The molecular formula is C21H24N2O6S. The number of anilines is 1. The maximum absolute atomic E-state index is 12.8. The molecule has 0 aromatic heterocycles. The van der Waals surface area contributed by atoms with Gasteiger partial charge in [-0.2, -0.15) is 0 Å². The van der Waals surface area contributed by atoms with Crippen LogP contribution in [-0.2, 0) is 14.8 Å². The van der Waals surface area contributed by atoms with Crippen LogP contribution in [0.3, 0.4) is 0 Å². The van der Waals surface area contributed by atoms with Crippen LogP contribution >= 0.6 is 0 Å². The average molecular weight is 432 g/mol. The van der Waals surface area contributed by atoms with Gasteiger partial charge < -0.3 is 14.2 Å². The highest BCUT2D eigenvalue weighted by Crippen LogP contribution is 2.32. The van der Waals surface area contributed by atoms with E-state index < -0.39 is 16.1 Å². The van der Waals surface area contributed by atoms with Crippen LogP contribution in [0.25, 0.3) is 0 Å². The molecule has 1 fully saturated rings. The Morgan fingerprint density at radius 2 is 1.77 bits per heavy atom. The van der Waals surface area contributed by atoms with E-state index >= 15 is 0 Å². The van der Waals surface area contributed by atoms with Gasteiger partial charge in [-0.25, -0.2) is 17.9 Å². The third-order valence-corrected chi connectivity index (χ3v) is 6.58. The first-order valence-corrected chi connectivity index (χ1v) is 11.4. The van der Waals surface area contributed by atoms with Gasteiger partial charge >= 0.3 is 6.09 Å². The van der Waals surface area contributed by atoms with E-state index in [1.807, 2.05) is 18.2 Å². The number of amides is 1. The number of hydrogen-bond acceptors (Lipinski definition) is 6. The summed E-state index contributed by atoms with van der Waals surface area (Å²) in [6.07, 6.45) is 1.68. The van der Waals surface area contributed by atoms with Gasteiger partial charge in [0, 0.05) is 24.2 Å². The standard InChI is InChI=1S/C21H24N2O6S/c24-21(22-15-5-2-1-3-6-15)29-17-8-4-7-16(13-17)23-30(25,26)18-9-10-19-20(14-18)28-12-11-27-19/h1-3,5-6,9-10,14,16-17,23H,4,7-8,11-13H2,(H,22,24)/t16-,17-/m0/s1. The average Bonchev–Trinajstić information content (AvgIpc) is 2.74. The van der Waals surface area contributed by atoms with Crippen molar-refractivity contribution in [1.29, 1.82) is 0 Å². The summed E-state index contributed by atoms with van der Waals surface area (Å²) in [7, 11) is -3.74. The van der Waals surface area contributed by atoms with Gasteiger partial charge in [0.1, 0.15) is 19.3 Å². The Kier molecular flexibility index (Phi) is 6.10. The van der Waals surface area contributed by atoms with E-state index in [1.165, 1.54) is 12.1 Å². The number of ether oxygens (including phenoxy) is 3.